The van der Waals surface area contributed by atoms with Crippen LogP contribution in [0.25, 0.3) is 0 Å². The van der Waals surface area contributed by atoms with Crippen LogP contribution in [0.5, 0.6) is 0 Å². The summed E-state index contributed by atoms with van der Waals surface area (Å²) in [6.07, 6.45) is 11.6. The Labute approximate surface area is 197 Å². The largest absolute Gasteiger partial charge is 0.354 e. The average molecular weight is 461 g/mol. The fourth-order valence-corrected chi connectivity index (χ4v) is 4.60. The van der Waals surface area contributed by atoms with Gasteiger partial charge in [-0.25, -0.2) is 0 Å². The van der Waals surface area contributed by atoms with Crippen molar-refractivity contribution < 1.29 is 19.2 Å². The van der Waals surface area contributed by atoms with Crippen LogP contribution in [0.15, 0.2) is 23.3 Å². The lowest BCUT2D eigenvalue weighted by molar-refractivity contribution is -0.135. The molecule has 4 amide bonds. The van der Waals surface area contributed by atoms with E-state index in [1.807, 2.05) is 13.8 Å². The first kappa shape index (κ1) is 26.6. The number of carbonyl (C=O) groups is 4. The molecular weight excluding hydrogens is 420 g/mol. The van der Waals surface area contributed by atoms with Gasteiger partial charge in [0.2, 0.25) is 24.1 Å². The van der Waals surface area contributed by atoms with Crippen molar-refractivity contribution in [3.8, 4) is 0 Å². The summed E-state index contributed by atoms with van der Waals surface area (Å²) in [6.45, 7) is 6.76. The zero-order valence-corrected chi connectivity index (χ0v) is 20.6. The van der Waals surface area contributed by atoms with Gasteiger partial charge in [0.25, 0.3) is 0 Å². The van der Waals surface area contributed by atoms with Gasteiger partial charge in [-0.3, -0.25) is 19.2 Å². The van der Waals surface area contributed by atoms with E-state index >= 15 is 0 Å². The van der Waals surface area contributed by atoms with Gasteiger partial charge in [-0.15, -0.1) is 0 Å². The third-order valence-corrected chi connectivity index (χ3v) is 6.57. The number of likely N-dealkylation sites (N-methyl/N-ethyl adjacent to an activating group) is 1. The molecule has 0 radical (unpaired) electrons. The molecule has 2 N–H and O–H groups in total. The van der Waals surface area contributed by atoms with Gasteiger partial charge in [0.05, 0.1) is 12.6 Å². The van der Waals surface area contributed by atoms with Crippen LogP contribution in [0, 0.1) is 5.92 Å². The van der Waals surface area contributed by atoms with Crippen molar-refractivity contribution in [3.05, 3.63) is 23.3 Å². The molecular formula is C25H40N4O4. The van der Waals surface area contributed by atoms with E-state index in [0.717, 1.165) is 25.7 Å². The second-order valence-corrected chi connectivity index (χ2v) is 9.39. The van der Waals surface area contributed by atoms with E-state index in [1.165, 1.54) is 18.4 Å². The molecule has 2 atom stereocenters. The van der Waals surface area contributed by atoms with Gasteiger partial charge in [0, 0.05) is 25.7 Å². The number of hydrogen-bond donors (Lipinski definition) is 2. The molecule has 0 spiro atoms. The van der Waals surface area contributed by atoms with Crippen molar-refractivity contribution in [2.45, 2.75) is 77.8 Å². The third-order valence-electron chi connectivity index (χ3n) is 6.57. The van der Waals surface area contributed by atoms with Gasteiger partial charge in [-0.1, -0.05) is 31.6 Å². The number of rotatable bonds is 11. The quantitative estimate of drug-likeness (QED) is 0.280. The summed E-state index contributed by atoms with van der Waals surface area (Å²) < 4.78 is 0. The zero-order valence-electron chi connectivity index (χ0n) is 20.6. The van der Waals surface area contributed by atoms with Crippen LogP contribution in [0.4, 0.5) is 0 Å². The smallest absolute Gasteiger partial charge is 0.249 e. The Hall–Kier alpha value is -2.64. The highest BCUT2D eigenvalue weighted by atomic mass is 16.2. The molecule has 2 aliphatic rings. The number of allylic oxidation sites excluding steroid dienone is 1. The molecule has 2 rings (SSSR count). The minimum atomic E-state index is -0.449. The topological polar surface area (TPSA) is 98.8 Å². The fourth-order valence-electron chi connectivity index (χ4n) is 4.60. The summed E-state index contributed by atoms with van der Waals surface area (Å²) in [5.41, 5.74) is 1.94. The van der Waals surface area contributed by atoms with E-state index in [9.17, 15) is 19.2 Å². The molecule has 184 valence electrons. The summed E-state index contributed by atoms with van der Waals surface area (Å²) in [5, 5.41) is 5.41. The van der Waals surface area contributed by atoms with Crippen molar-refractivity contribution in [1.29, 1.82) is 0 Å². The summed E-state index contributed by atoms with van der Waals surface area (Å²) >= 11 is 0. The zero-order chi connectivity index (χ0) is 24.4. The monoisotopic (exact) mass is 460 g/mol. The van der Waals surface area contributed by atoms with Crippen LogP contribution in [-0.4, -0.2) is 72.7 Å². The lowest BCUT2D eigenvalue weighted by Gasteiger charge is -2.30. The van der Waals surface area contributed by atoms with Crippen LogP contribution >= 0.6 is 0 Å². The summed E-state index contributed by atoms with van der Waals surface area (Å²) in [7, 11) is 1.67. The standard InChI is InChI=1S/C25H40N4O4/c1-18(2)22(28(4)23(31)16-26-17-30)15-19(3)25(33)29-14-8-11-21(29)24(32)27-13-12-20-9-6-5-7-10-20/h9,15,17-18,21-22H,5-8,10-14,16H2,1-4H3,(H,26,30)(H,27,32)/t21-,22+/m0/s1. The minimum Gasteiger partial charge on any atom is -0.354 e. The summed E-state index contributed by atoms with van der Waals surface area (Å²) in [4.78, 5) is 52.1. The number of likely N-dealkylation sites (tertiary alicyclic amines) is 1. The highest BCUT2D eigenvalue weighted by Crippen LogP contribution is 2.22. The van der Waals surface area contributed by atoms with Crippen molar-refractivity contribution in [2.24, 2.45) is 5.92 Å². The molecule has 0 bridgehead atoms. The second-order valence-electron chi connectivity index (χ2n) is 9.39. The van der Waals surface area contributed by atoms with Crippen molar-refractivity contribution in [1.82, 2.24) is 20.4 Å². The molecule has 8 nitrogen and oxygen atoms in total. The molecule has 0 aromatic carbocycles. The lowest BCUT2D eigenvalue weighted by Crippen LogP contribution is -2.47. The lowest BCUT2D eigenvalue weighted by atomic mass is 9.97. The molecule has 1 saturated heterocycles. The number of hydrogen-bond acceptors (Lipinski definition) is 4. The first-order valence-corrected chi connectivity index (χ1v) is 12.1. The minimum absolute atomic E-state index is 0.0738. The van der Waals surface area contributed by atoms with Crippen molar-refractivity contribution >= 4 is 24.1 Å². The highest BCUT2D eigenvalue weighted by molar-refractivity contribution is 5.97. The van der Waals surface area contributed by atoms with Crippen LogP contribution in [0.3, 0.4) is 0 Å². The first-order chi connectivity index (χ1) is 15.8. The van der Waals surface area contributed by atoms with E-state index in [0.29, 0.717) is 31.5 Å². The Morgan fingerprint density at radius 2 is 2.00 bits per heavy atom. The van der Waals surface area contributed by atoms with E-state index in [4.69, 9.17) is 0 Å². The normalized spacial score (nSPS) is 19.7. The second kappa shape index (κ2) is 13.2. The van der Waals surface area contributed by atoms with Crippen molar-refractivity contribution in [3.63, 3.8) is 0 Å². The molecule has 0 aromatic heterocycles. The maximum Gasteiger partial charge on any atom is 0.249 e. The maximum absolute atomic E-state index is 13.2. The predicted molar refractivity (Wildman–Crippen MR) is 128 cm³/mol. The number of amides is 4. The van der Waals surface area contributed by atoms with Gasteiger partial charge >= 0.3 is 0 Å². The Kier molecular flexibility index (Phi) is 10.6. The average Bonchev–Trinajstić information content (AvgIpc) is 3.30. The van der Waals surface area contributed by atoms with E-state index < -0.39 is 6.04 Å². The summed E-state index contributed by atoms with van der Waals surface area (Å²) in [5.74, 6) is -0.411. The molecule has 33 heavy (non-hydrogen) atoms. The van der Waals surface area contributed by atoms with Gasteiger partial charge in [0.1, 0.15) is 6.04 Å². The van der Waals surface area contributed by atoms with Crippen LogP contribution in [0.1, 0.15) is 65.7 Å². The maximum atomic E-state index is 13.2. The fraction of sp³-hybridized carbons (Fsp3) is 0.680. The van der Waals surface area contributed by atoms with Crippen LogP contribution in [0.2, 0.25) is 0 Å². The Balaban J connectivity index is 1.99. The SMILES string of the molecule is CC(=C[C@H](C(C)C)N(C)C(=O)CNC=O)C(=O)N1CCC[C@H]1C(=O)NCCC1=CCCCC1. The molecule has 0 saturated carbocycles. The van der Waals surface area contributed by atoms with E-state index in [-0.39, 0.29) is 36.2 Å². The number of nitrogens with zero attached hydrogens (tertiary/aromatic N) is 2. The van der Waals surface area contributed by atoms with Gasteiger partial charge in [0.15, 0.2) is 0 Å². The van der Waals surface area contributed by atoms with Gasteiger partial charge < -0.3 is 20.4 Å². The molecule has 1 aliphatic carbocycles. The highest BCUT2D eigenvalue weighted by Gasteiger charge is 2.35. The van der Waals surface area contributed by atoms with Crippen LogP contribution in [-0.2, 0) is 19.2 Å². The Bertz CT molecular complexity index is 774. The Morgan fingerprint density at radius 1 is 1.24 bits per heavy atom. The van der Waals surface area contributed by atoms with Crippen molar-refractivity contribution in [2.75, 3.05) is 26.7 Å². The molecule has 0 aromatic rings. The Morgan fingerprint density at radius 3 is 2.64 bits per heavy atom. The molecule has 0 unspecified atom stereocenters. The molecule has 1 heterocycles. The first-order valence-electron chi connectivity index (χ1n) is 12.1. The van der Waals surface area contributed by atoms with Gasteiger partial charge in [-0.2, -0.15) is 0 Å². The number of nitrogens with one attached hydrogen (secondary N) is 2. The third kappa shape index (κ3) is 7.72. The van der Waals surface area contributed by atoms with E-state index in [2.05, 4.69) is 16.7 Å². The molecule has 1 fully saturated rings. The van der Waals surface area contributed by atoms with Gasteiger partial charge in [-0.05, 0) is 57.8 Å². The summed E-state index contributed by atoms with van der Waals surface area (Å²) in [6, 6.07) is -0.747. The molecule has 1 aliphatic heterocycles. The predicted octanol–water partition coefficient (Wildman–Crippen LogP) is 2.16. The number of carbonyl (C=O) groups excluding carboxylic acids is 4. The molecule has 8 heteroatoms. The van der Waals surface area contributed by atoms with Crippen LogP contribution < -0.4 is 10.6 Å². The van der Waals surface area contributed by atoms with E-state index in [1.54, 1.807) is 29.8 Å².